The van der Waals surface area contributed by atoms with E-state index in [0.717, 1.165) is 5.56 Å². The normalized spacial score (nSPS) is 12.0. The summed E-state index contributed by atoms with van der Waals surface area (Å²) in [6, 6.07) is 11.8. The number of phenols is 1. The van der Waals surface area contributed by atoms with E-state index in [9.17, 15) is 9.90 Å². The molecule has 110 valence electrons. The van der Waals surface area contributed by atoms with E-state index in [1.807, 2.05) is 19.1 Å². The summed E-state index contributed by atoms with van der Waals surface area (Å²) in [5, 5.41) is 9.89. The van der Waals surface area contributed by atoms with Crippen LogP contribution >= 0.6 is 27.5 Å². The van der Waals surface area contributed by atoms with Gasteiger partial charge >= 0.3 is 0 Å². The Balaban J connectivity index is 2.21. The second-order valence-electron chi connectivity index (χ2n) is 4.81. The fraction of sp³-hybridized carbons (Fsp3) is 0.188. The third-order valence-corrected chi connectivity index (χ3v) is 4.66. The van der Waals surface area contributed by atoms with Gasteiger partial charge in [-0.25, -0.2) is 0 Å². The van der Waals surface area contributed by atoms with Crippen LogP contribution in [-0.4, -0.2) is 23.0 Å². The molecule has 2 rings (SSSR count). The number of hydrogen-bond donors (Lipinski definition) is 1. The van der Waals surface area contributed by atoms with E-state index in [1.54, 1.807) is 42.3 Å². The number of phenolic OH excluding ortho intramolecular Hbond substituents is 1. The van der Waals surface area contributed by atoms with E-state index in [-0.39, 0.29) is 17.7 Å². The molecular weight excluding hydrogens is 354 g/mol. The first-order valence-corrected chi connectivity index (χ1v) is 7.58. The highest BCUT2D eigenvalue weighted by atomic mass is 79.9. The van der Waals surface area contributed by atoms with Crippen molar-refractivity contribution >= 4 is 33.4 Å². The SMILES string of the molecule is CC(c1ccc(O)cc1)N(C)C(=O)c1ccc(Cl)c(Br)c1. The monoisotopic (exact) mass is 367 g/mol. The van der Waals surface area contributed by atoms with E-state index in [4.69, 9.17) is 11.6 Å². The average Bonchev–Trinajstić information content (AvgIpc) is 2.48. The van der Waals surface area contributed by atoms with Crippen molar-refractivity contribution in [1.82, 2.24) is 4.90 Å². The summed E-state index contributed by atoms with van der Waals surface area (Å²) in [7, 11) is 1.75. The Morgan fingerprint density at radius 1 is 1.24 bits per heavy atom. The van der Waals surface area contributed by atoms with Crippen molar-refractivity contribution in [1.29, 1.82) is 0 Å². The van der Waals surface area contributed by atoms with Crippen molar-refractivity contribution in [2.24, 2.45) is 0 Å². The number of benzene rings is 2. The molecule has 0 aromatic heterocycles. The minimum atomic E-state index is -0.104. The molecule has 1 amide bonds. The Morgan fingerprint density at radius 3 is 2.43 bits per heavy atom. The highest BCUT2D eigenvalue weighted by Gasteiger charge is 2.19. The molecule has 2 aromatic rings. The van der Waals surface area contributed by atoms with Gasteiger partial charge in [-0.15, -0.1) is 0 Å². The van der Waals surface area contributed by atoms with Gasteiger partial charge in [0.1, 0.15) is 5.75 Å². The summed E-state index contributed by atoms with van der Waals surface area (Å²) in [5.74, 6) is 0.120. The lowest BCUT2D eigenvalue weighted by atomic mass is 10.1. The molecule has 2 aromatic carbocycles. The van der Waals surface area contributed by atoms with Gasteiger partial charge in [0.15, 0.2) is 0 Å². The lowest BCUT2D eigenvalue weighted by Crippen LogP contribution is -2.29. The topological polar surface area (TPSA) is 40.5 Å². The highest BCUT2D eigenvalue weighted by Crippen LogP contribution is 2.26. The number of halogens is 2. The van der Waals surface area contributed by atoms with Gasteiger partial charge in [-0.05, 0) is 58.7 Å². The lowest BCUT2D eigenvalue weighted by molar-refractivity contribution is 0.0742. The van der Waals surface area contributed by atoms with Crippen LogP contribution in [0.15, 0.2) is 46.9 Å². The molecule has 0 saturated heterocycles. The number of hydrogen-bond acceptors (Lipinski definition) is 2. The lowest BCUT2D eigenvalue weighted by Gasteiger charge is -2.25. The molecule has 3 nitrogen and oxygen atoms in total. The van der Waals surface area contributed by atoms with Crippen LogP contribution in [0.2, 0.25) is 5.02 Å². The zero-order chi connectivity index (χ0) is 15.6. The standard InChI is InChI=1S/C16H15BrClNO2/c1-10(11-3-6-13(20)7-4-11)19(2)16(21)12-5-8-15(18)14(17)9-12/h3-10,20H,1-2H3. The molecule has 21 heavy (non-hydrogen) atoms. The van der Waals surface area contributed by atoms with Gasteiger partial charge in [-0.1, -0.05) is 23.7 Å². The predicted molar refractivity (Wildman–Crippen MR) is 87.8 cm³/mol. The van der Waals surface area contributed by atoms with Crippen molar-refractivity contribution < 1.29 is 9.90 Å². The predicted octanol–water partition coefficient (Wildman–Crippen LogP) is 4.64. The first-order valence-electron chi connectivity index (χ1n) is 6.41. The fourth-order valence-corrected chi connectivity index (χ4v) is 2.48. The first kappa shape index (κ1) is 15.9. The van der Waals surface area contributed by atoms with Gasteiger partial charge < -0.3 is 10.0 Å². The van der Waals surface area contributed by atoms with Crippen LogP contribution in [0.25, 0.3) is 0 Å². The van der Waals surface area contributed by atoms with E-state index >= 15 is 0 Å². The molecule has 0 spiro atoms. The van der Waals surface area contributed by atoms with Crippen molar-refractivity contribution in [2.75, 3.05) is 7.05 Å². The van der Waals surface area contributed by atoms with Crippen LogP contribution in [0.4, 0.5) is 0 Å². The summed E-state index contributed by atoms with van der Waals surface area (Å²) < 4.78 is 0.695. The minimum Gasteiger partial charge on any atom is -0.508 e. The fourth-order valence-electron chi connectivity index (χ4n) is 1.99. The molecule has 1 unspecified atom stereocenters. The maximum Gasteiger partial charge on any atom is 0.254 e. The largest absolute Gasteiger partial charge is 0.508 e. The third-order valence-electron chi connectivity index (χ3n) is 3.44. The van der Waals surface area contributed by atoms with Gasteiger partial charge in [-0.3, -0.25) is 4.79 Å². The van der Waals surface area contributed by atoms with Crippen LogP contribution in [-0.2, 0) is 0 Å². The number of carbonyl (C=O) groups excluding carboxylic acids is 1. The molecule has 0 aliphatic carbocycles. The third kappa shape index (κ3) is 3.57. The molecule has 0 saturated carbocycles. The number of rotatable bonds is 3. The van der Waals surface area contributed by atoms with Gasteiger partial charge in [-0.2, -0.15) is 0 Å². The summed E-state index contributed by atoms with van der Waals surface area (Å²) in [4.78, 5) is 14.2. The molecule has 0 heterocycles. The van der Waals surface area contributed by atoms with Crippen LogP contribution in [0.1, 0.15) is 28.9 Å². The van der Waals surface area contributed by atoms with E-state index in [1.165, 1.54) is 0 Å². The Labute approximate surface area is 137 Å². The molecule has 0 fully saturated rings. The van der Waals surface area contributed by atoms with Crippen LogP contribution in [0, 0.1) is 0 Å². The Bertz CT molecular complexity index is 658. The van der Waals surface area contributed by atoms with Crippen LogP contribution < -0.4 is 0 Å². The van der Waals surface area contributed by atoms with Crippen molar-refractivity contribution in [3.05, 3.63) is 63.1 Å². The number of aromatic hydroxyl groups is 1. The zero-order valence-corrected chi connectivity index (χ0v) is 14.0. The van der Waals surface area contributed by atoms with Crippen molar-refractivity contribution in [3.8, 4) is 5.75 Å². The van der Waals surface area contributed by atoms with Gasteiger partial charge in [0.2, 0.25) is 0 Å². The smallest absolute Gasteiger partial charge is 0.254 e. The number of amides is 1. The molecule has 1 N–H and O–H groups in total. The van der Waals surface area contributed by atoms with E-state index < -0.39 is 0 Å². The first-order chi connectivity index (χ1) is 9.90. The van der Waals surface area contributed by atoms with Crippen LogP contribution in [0.3, 0.4) is 0 Å². The summed E-state index contributed by atoms with van der Waals surface area (Å²) >= 11 is 9.27. The molecule has 0 radical (unpaired) electrons. The average molecular weight is 369 g/mol. The molecule has 0 aliphatic rings. The van der Waals surface area contributed by atoms with Crippen molar-refractivity contribution in [3.63, 3.8) is 0 Å². The maximum atomic E-state index is 12.5. The maximum absolute atomic E-state index is 12.5. The second-order valence-corrected chi connectivity index (χ2v) is 6.07. The highest BCUT2D eigenvalue weighted by molar-refractivity contribution is 9.10. The zero-order valence-electron chi connectivity index (χ0n) is 11.7. The Morgan fingerprint density at radius 2 is 1.86 bits per heavy atom. The number of carbonyl (C=O) groups is 1. The summed E-state index contributed by atoms with van der Waals surface area (Å²) in [6.45, 7) is 1.94. The molecule has 5 heteroatoms. The quantitative estimate of drug-likeness (QED) is 0.857. The molecule has 1 atom stereocenters. The summed E-state index contributed by atoms with van der Waals surface area (Å²) in [5.41, 5.74) is 1.52. The van der Waals surface area contributed by atoms with Crippen LogP contribution in [0.5, 0.6) is 5.75 Å². The Hall–Kier alpha value is -1.52. The molecular formula is C16H15BrClNO2. The van der Waals surface area contributed by atoms with E-state index in [2.05, 4.69) is 15.9 Å². The minimum absolute atomic E-state index is 0.0899. The van der Waals surface area contributed by atoms with E-state index in [0.29, 0.717) is 15.1 Å². The number of nitrogens with zero attached hydrogens (tertiary/aromatic N) is 1. The second kappa shape index (κ2) is 6.50. The molecule has 0 bridgehead atoms. The van der Waals surface area contributed by atoms with Gasteiger partial charge in [0.05, 0.1) is 11.1 Å². The van der Waals surface area contributed by atoms with Gasteiger partial charge in [0, 0.05) is 17.1 Å². The Kier molecular flexibility index (Phi) is 4.91. The van der Waals surface area contributed by atoms with Gasteiger partial charge in [0.25, 0.3) is 5.91 Å². The van der Waals surface area contributed by atoms with Crippen molar-refractivity contribution in [2.45, 2.75) is 13.0 Å². The summed E-state index contributed by atoms with van der Waals surface area (Å²) in [6.07, 6.45) is 0. The molecule has 0 aliphatic heterocycles.